The van der Waals surface area contributed by atoms with Gasteiger partial charge in [-0.15, -0.1) is 0 Å². The van der Waals surface area contributed by atoms with Crippen LogP contribution in [0.25, 0.3) is 0 Å². The Labute approximate surface area is 184 Å². The Kier molecular flexibility index (Phi) is 8.30. The molecule has 1 aromatic carbocycles. The van der Waals surface area contributed by atoms with Crippen molar-refractivity contribution in [3.05, 3.63) is 16.3 Å². The molecule has 1 rings (SSSR count). The van der Waals surface area contributed by atoms with Gasteiger partial charge < -0.3 is 20.6 Å². The van der Waals surface area contributed by atoms with Gasteiger partial charge in [0.15, 0.2) is 0 Å². The van der Waals surface area contributed by atoms with E-state index in [1.807, 2.05) is 67.8 Å². The van der Waals surface area contributed by atoms with Gasteiger partial charge in [-0.25, -0.2) is 0 Å². The molecule has 25 heavy (non-hydrogen) atoms. The molecule has 3 N–H and O–H groups in total. The smallest absolute Gasteiger partial charge is 0.322 e. The van der Waals surface area contributed by atoms with E-state index in [1.54, 1.807) is 7.05 Å². The Morgan fingerprint density at radius 3 is 2.04 bits per heavy atom. The van der Waals surface area contributed by atoms with Gasteiger partial charge in [-0.1, -0.05) is 0 Å². The molecule has 0 saturated heterocycles. The number of rotatable bonds is 5. The number of carbonyl (C=O) groups excluding carboxylic acids is 3. The molecular weight excluding hydrogens is 671 g/mol. The third kappa shape index (κ3) is 5.38. The van der Waals surface area contributed by atoms with E-state index in [-0.39, 0.29) is 17.4 Å². The molecule has 0 radical (unpaired) electrons. The number of carbonyl (C=O) groups is 4. The van der Waals surface area contributed by atoms with Gasteiger partial charge in [0, 0.05) is 20.9 Å². The van der Waals surface area contributed by atoms with E-state index >= 15 is 0 Å². The third-order valence-electron chi connectivity index (χ3n) is 3.03. The second kappa shape index (κ2) is 9.29. The topological polar surface area (TPSA) is 116 Å². The van der Waals surface area contributed by atoms with Gasteiger partial charge in [-0.3, -0.25) is 19.2 Å². The summed E-state index contributed by atoms with van der Waals surface area (Å²) in [6.45, 7) is 2.18. The van der Waals surface area contributed by atoms with E-state index in [4.69, 9.17) is 5.11 Å². The fraction of sp³-hybridized carbons (Fsp3) is 0.286. The normalized spacial score (nSPS) is 10.2. The zero-order valence-electron chi connectivity index (χ0n) is 13.4. The molecule has 0 unspecified atom stereocenters. The zero-order valence-corrected chi connectivity index (χ0v) is 19.8. The minimum absolute atomic E-state index is 0.203. The maximum Gasteiger partial charge on any atom is 0.322 e. The van der Waals surface area contributed by atoms with Crippen molar-refractivity contribution in [2.45, 2.75) is 13.8 Å². The van der Waals surface area contributed by atoms with E-state index in [2.05, 4.69) is 10.6 Å². The summed E-state index contributed by atoms with van der Waals surface area (Å²) in [5.41, 5.74) is 1.07. The molecule has 3 amide bonds. The predicted molar refractivity (Wildman–Crippen MR) is 118 cm³/mol. The maximum absolute atomic E-state index is 12.5. The number of hydrogen-bond donors (Lipinski definition) is 3. The quantitative estimate of drug-likeness (QED) is 0.412. The third-order valence-corrected chi connectivity index (χ3v) is 6.21. The molecule has 0 aliphatic heterocycles. The number of aliphatic carboxylic acids is 1. The molecule has 0 spiro atoms. The molecule has 0 bridgehead atoms. The number of hydrogen-bond acceptors (Lipinski definition) is 4. The predicted octanol–water partition coefficient (Wildman–Crippen LogP) is 2.26. The largest absolute Gasteiger partial charge is 0.480 e. The second-order valence-electron chi connectivity index (χ2n) is 4.88. The highest BCUT2D eigenvalue weighted by Crippen LogP contribution is 2.40. The molecule has 0 aliphatic rings. The van der Waals surface area contributed by atoms with Crippen LogP contribution in [0.5, 0.6) is 0 Å². The molecule has 0 atom stereocenters. The van der Waals surface area contributed by atoms with E-state index in [0.29, 0.717) is 22.1 Å². The van der Waals surface area contributed by atoms with Crippen LogP contribution in [0.3, 0.4) is 0 Å². The van der Waals surface area contributed by atoms with Crippen LogP contribution in [0.4, 0.5) is 11.4 Å². The first-order chi connectivity index (χ1) is 11.5. The average molecular weight is 685 g/mol. The van der Waals surface area contributed by atoms with Gasteiger partial charge in [-0.05, 0) is 67.8 Å². The summed E-state index contributed by atoms with van der Waals surface area (Å²) >= 11 is 5.86. The lowest BCUT2D eigenvalue weighted by atomic mass is 10.1. The summed E-state index contributed by atoms with van der Waals surface area (Å²) in [5, 5.41) is 13.7. The van der Waals surface area contributed by atoms with Crippen molar-refractivity contribution in [2.75, 3.05) is 23.8 Å². The zero-order chi connectivity index (χ0) is 19.5. The van der Waals surface area contributed by atoms with Crippen molar-refractivity contribution in [1.82, 2.24) is 5.32 Å². The van der Waals surface area contributed by atoms with Crippen LogP contribution in [-0.2, 0) is 14.4 Å². The lowest BCUT2D eigenvalue weighted by molar-refractivity contribution is -0.135. The molecule has 0 aromatic heterocycles. The number of anilines is 2. The van der Waals surface area contributed by atoms with Gasteiger partial charge in [0.25, 0.3) is 5.91 Å². The summed E-state index contributed by atoms with van der Waals surface area (Å²) in [6, 6.07) is 0. The fourth-order valence-corrected chi connectivity index (χ4v) is 6.48. The van der Waals surface area contributed by atoms with E-state index in [9.17, 15) is 19.2 Å². The Bertz CT molecular complexity index is 767. The molecule has 0 heterocycles. The first-order valence-corrected chi connectivity index (χ1v) is 9.94. The molecule has 136 valence electrons. The van der Waals surface area contributed by atoms with Crippen LogP contribution >= 0.6 is 67.8 Å². The second-order valence-corrected chi connectivity index (χ2v) is 8.11. The van der Waals surface area contributed by atoms with Crippen molar-refractivity contribution < 1.29 is 24.3 Å². The number of halogens is 3. The van der Waals surface area contributed by atoms with E-state index < -0.39 is 18.4 Å². The van der Waals surface area contributed by atoms with Crippen LogP contribution < -0.4 is 15.5 Å². The van der Waals surface area contributed by atoms with Gasteiger partial charge >= 0.3 is 5.97 Å². The first kappa shape index (κ1) is 22.3. The van der Waals surface area contributed by atoms with Crippen LogP contribution in [-0.4, -0.2) is 42.4 Å². The van der Waals surface area contributed by atoms with E-state index in [0.717, 1.165) is 0 Å². The molecule has 0 saturated carbocycles. The number of nitrogens with one attached hydrogen (secondary N) is 2. The van der Waals surface area contributed by atoms with Gasteiger partial charge in [-0.2, -0.15) is 0 Å². The van der Waals surface area contributed by atoms with Crippen LogP contribution in [0.1, 0.15) is 24.2 Å². The van der Waals surface area contributed by atoms with Crippen molar-refractivity contribution in [3.8, 4) is 0 Å². The highest BCUT2D eigenvalue weighted by atomic mass is 127. The van der Waals surface area contributed by atoms with E-state index in [1.165, 1.54) is 18.7 Å². The van der Waals surface area contributed by atoms with Crippen molar-refractivity contribution in [3.63, 3.8) is 0 Å². The molecule has 11 heteroatoms. The number of nitrogens with zero attached hydrogens (tertiary/aromatic N) is 1. The number of carboxylic acid groups (broad SMARTS) is 1. The molecule has 1 aromatic rings. The van der Waals surface area contributed by atoms with Crippen LogP contribution in [0.2, 0.25) is 0 Å². The Hall–Kier alpha value is -0.710. The maximum atomic E-state index is 12.5. The Morgan fingerprint density at radius 2 is 1.60 bits per heavy atom. The van der Waals surface area contributed by atoms with Crippen LogP contribution in [0.15, 0.2) is 0 Å². The molecule has 8 nitrogen and oxygen atoms in total. The standard InChI is InChI=1S/C14H14I3N3O5/c1-5(21)19-12-9(15)8(14(25)18-4-7(23)24)10(16)13(11(12)17)20(3)6(2)22/h4H2,1-3H3,(H,18,25)(H,19,21)(H,23,24). The van der Waals surface area contributed by atoms with Crippen molar-refractivity contribution in [2.24, 2.45) is 0 Å². The van der Waals surface area contributed by atoms with Gasteiger partial charge in [0.05, 0.1) is 27.6 Å². The summed E-state index contributed by atoms with van der Waals surface area (Å²) in [5.74, 6) is -2.35. The highest BCUT2D eigenvalue weighted by molar-refractivity contribution is 14.1. The lowest BCUT2D eigenvalue weighted by Crippen LogP contribution is -2.32. The van der Waals surface area contributed by atoms with Crippen molar-refractivity contribution in [1.29, 1.82) is 0 Å². The summed E-state index contributed by atoms with van der Waals surface area (Å²) < 4.78 is 1.56. The fourth-order valence-electron chi connectivity index (χ4n) is 1.83. The lowest BCUT2D eigenvalue weighted by Gasteiger charge is -2.24. The minimum Gasteiger partial charge on any atom is -0.480 e. The summed E-state index contributed by atoms with van der Waals surface area (Å²) in [6.07, 6.45) is 0. The molecule has 0 aliphatic carbocycles. The molecule has 0 fully saturated rings. The number of amides is 3. The SMILES string of the molecule is CC(=O)Nc1c(I)c(C(=O)NCC(=O)O)c(I)c(N(C)C(C)=O)c1I. The number of benzene rings is 1. The van der Waals surface area contributed by atoms with Gasteiger partial charge in [0.1, 0.15) is 6.54 Å². The summed E-state index contributed by atoms with van der Waals surface area (Å²) in [7, 11) is 1.56. The minimum atomic E-state index is -1.17. The Balaban J connectivity index is 3.67. The van der Waals surface area contributed by atoms with Gasteiger partial charge in [0.2, 0.25) is 11.8 Å². The summed E-state index contributed by atoms with van der Waals surface area (Å²) in [4.78, 5) is 47.9. The number of carboxylic acids is 1. The van der Waals surface area contributed by atoms with Crippen LogP contribution in [0, 0.1) is 10.7 Å². The average Bonchev–Trinajstić information content (AvgIpc) is 2.49. The monoisotopic (exact) mass is 685 g/mol. The van der Waals surface area contributed by atoms with Crippen molar-refractivity contribution >= 4 is 103 Å². The molecular formula is C14H14I3N3O5. The highest BCUT2D eigenvalue weighted by Gasteiger charge is 2.27. The Morgan fingerprint density at radius 1 is 1.04 bits per heavy atom. The first-order valence-electron chi connectivity index (χ1n) is 6.71.